The monoisotopic (exact) mass is 296 g/mol. The van der Waals surface area contributed by atoms with Gasteiger partial charge in [-0.2, -0.15) is 0 Å². The number of carbonyl (C=O) groups is 1. The van der Waals surface area contributed by atoms with Gasteiger partial charge in [-0.3, -0.25) is 4.79 Å². The molecule has 4 nitrogen and oxygen atoms in total. The summed E-state index contributed by atoms with van der Waals surface area (Å²) < 4.78 is 5.55. The first kappa shape index (κ1) is 15.3. The van der Waals surface area contributed by atoms with Gasteiger partial charge in [0.05, 0.1) is 12.6 Å². The van der Waals surface area contributed by atoms with E-state index in [1.807, 2.05) is 18.0 Å². The first-order valence-corrected chi connectivity index (χ1v) is 6.94. The SMILES string of the molecule is CN(C(=O)C1CNCCO1)C1CCc2ccccc21.Cl. The van der Waals surface area contributed by atoms with E-state index in [2.05, 4.69) is 23.5 Å². The fourth-order valence-corrected chi connectivity index (χ4v) is 3.04. The Morgan fingerprint density at radius 3 is 2.95 bits per heavy atom. The summed E-state index contributed by atoms with van der Waals surface area (Å²) in [5, 5.41) is 3.21. The van der Waals surface area contributed by atoms with Crippen molar-refractivity contribution < 1.29 is 9.53 Å². The van der Waals surface area contributed by atoms with Crippen LogP contribution in [0.3, 0.4) is 0 Å². The maximum Gasteiger partial charge on any atom is 0.253 e. The van der Waals surface area contributed by atoms with Gasteiger partial charge in [0, 0.05) is 20.1 Å². The van der Waals surface area contributed by atoms with Crippen molar-refractivity contribution in [2.24, 2.45) is 0 Å². The number of fused-ring (bicyclic) bond motifs is 1. The third kappa shape index (κ3) is 2.82. The highest BCUT2D eigenvalue weighted by Crippen LogP contribution is 2.35. The van der Waals surface area contributed by atoms with E-state index in [1.165, 1.54) is 11.1 Å². The van der Waals surface area contributed by atoms with Gasteiger partial charge in [0.15, 0.2) is 0 Å². The number of hydrogen-bond acceptors (Lipinski definition) is 3. The Kier molecular flexibility index (Phi) is 5.02. The first-order chi connectivity index (χ1) is 9.27. The molecule has 20 heavy (non-hydrogen) atoms. The van der Waals surface area contributed by atoms with Gasteiger partial charge < -0.3 is 15.0 Å². The predicted octanol–water partition coefficient (Wildman–Crippen LogP) is 1.54. The Morgan fingerprint density at radius 2 is 2.20 bits per heavy atom. The Balaban J connectivity index is 0.00000147. The Bertz CT molecular complexity index is 475. The van der Waals surface area contributed by atoms with Crippen LogP contribution in [0.25, 0.3) is 0 Å². The zero-order valence-corrected chi connectivity index (χ0v) is 12.5. The molecule has 1 aromatic carbocycles. The number of likely N-dealkylation sites (N-methyl/N-ethyl adjacent to an activating group) is 1. The topological polar surface area (TPSA) is 41.6 Å². The molecule has 1 heterocycles. The van der Waals surface area contributed by atoms with Gasteiger partial charge >= 0.3 is 0 Å². The number of hydrogen-bond donors (Lipinski definition) is 1. The van der Waals surface area contributed by atoms with Crippen LogP contribution in [0.2, 0.25) is 0 Å². The normalized spacial score (nSPS) is 24.6. The summed E-state index contributed by atoms with van der Waals surface area (Å²) in [6, 6.07) is 8.61. The minimum Gasteiger partial charge on any atom is -0.366 e. The number of morpholine rings is 1. The highest BCUT2D eigenvalue weighted by Gasteiger charge is 2.32. The molecule has 1 aromatic rings. The number of carbonyl (C=O) groups excluding carboxylic acids is 1. The predicted molar refractivity (Wildman–Crippen MR) is 80.1 cm³/mol. The highest BCUT2D eigenvalue weighted by molar-refractivity contribution is 5.85. The maximum absolute atomic E-state index is 12.5. The van der Waals surface area contributed by atoms with Gasteiger partial charge in [-0.1, -0.05) is 24.3 Å². The summed E-state index contributed by atoms with van der Waals surface area (Å²) in [6.07, 6.45) is 1.75. The van der Waals surface area contributed by atoms with Gasteiger partial charge in [-0.05, 0) is 24.0 Å². The summed E-state index contributed by atoms with van der Waals surface area (Å²) in [7, 11) is 1.90. The van der Waals surface area contributed by atoms with Crippen molar-refractivity contribution in [2.45, 2.75) is 25.0 Å². The molecule has 0 spiro atoms. The van der Waals surface area contributed by atoms with Crippen LogP contribution < -0.4 is 5.32 Å². The lowest BCUT2D eigenvalue weighted by molar-refractivity contribution is -0.146. The van der Waals surface area contributed by atoms with E-state index in [-0.39, 0.29) is 30.5 Å². The molecule has 1 aliphatic carbocycles. The van der Waals surface area contributed by atoms with Crippen LogP contribution >= 0.6 is 12.4 Å². The summed E-state index contributed by atoms with van der Waals surface area (Å²) >= 11 is 0. The molecule has 1 aliphatic heterocycles. The third-order valence-corrected chi connectivity index (χ3v) is 4.12. The number of nitrogens with zero attached hydrogens (tertiary/aromatic N) is 1. The fourth-order valence-electron chi connectivity index (χ4n) is 3.04. The molecule has 0 radical (unpaired) electrons. The van der Waals surface area contributed by atoms with Gasteiger partial charge in [0.2, 0.25) is 0 Å². The van der Waals surface area contributed by atoms with Crippen LogP contribution in [0.1, 0.15) is 23.6 Å². The number of nitrogens with one attached hydrogen (secondary N) is 1. The third-order valence-electron chi connectivity index (χ3n) is 4.12. The molecule has 3 rings (SSSR count). The second-order valence-corrected chi connectivity index (χ2v) is 5.27. The Hall–Kier alpha value is -1.10. The molecule has 110 valence electrons. The second kappa shape index (κ2) is 6.57. The fraction of sp³-hybridized carbons (Fsp3) is 0.533. The molecule has 0 saturated carbocycles. The molecule has 2 atom stereocenters. The molecule has 1 saturated heterocycles. The van der Waals surface area contributed by atoms with E-state index >= 15 is 0 Å². The second-order valence-electron chi connectivity index (χ2n) is 5.27. The van der Waals surface area contributed by atoms with Crippen LogP contribution in [0.15, 0.2) is 24.3 Å². The van der Waals surface area contributed by atoms with E-state index in [4.69, 9.17) is 4.74 Å². The lowest BCUT2D eigenvalue weighted by atomic mass is 10.1. The zero-order chi connectivity index (χ0) is 13.2. The van der Waals surface area contributed by atoms with Gasteiger partial charge in [-0.15, -0.1) is 12.4 Å². The first-order valence-electron chi connectivity index (χ1n) is 6.94. The number of ether oxygens (including phenoxy) is 1. The molecule has 1 N–H and O–H groups in total. The van der Waals surface area contributed by atoms with Crippen molar-refractivity contribution in [2.75, 3.05) is 26.7 Å². The molecule has 2 aliphatic rings. The Morgan fingerprint density at radius 1 is 1.40 bits per heavy atom. The molecular formula is C15H21ClN2O2. The van der Waals surface area contributed by atoms with E-state index in [0.29, 0.717) is 13.2 Å². The summed E-state index contributed by atoms with van der Waals surface area (Å²) in [5.41, 5.74) is 2.66. The van der Waals surface area contributed by atoms with Crippen molar-refractivity contribution in [1.29, 1.82) is 0 Å². The van der Waals surface area contributed by atoms with Crippen molar-refractivity contribution >= 4 is 18.3 Å². The lowest BCUT2D eigenvalue weighted by Gasteiger charge is -2.31. The summed E-state index contributed by atoms with van der Waals surface area (Å²) in [4.78, 5) is 14.3. The van der Waals surface area contributed by atoms with E-state index in [0.717, 1.165) is 19.4 Å². The van der Waals surface area contributed by atoms with E-state index in [9.17, 15) is 4.79 Å². The minimum atomic E-state index is -0.327. The zero-order valence-electron chi connectivity index (χ0n) is 11.7. The Labute approximate surface area is 125 Å². The van der Waals surface area contributed by atoms with Crippen molar-refractivity contribution in [3.05, 3.63) is 35.4 Å². The smallest absolute Gasteiger partial charge is 0.253 e. The van der Waals surface area contributed by atoms with Crippen LogP contribution in [0.4, 0.5) is 0 Å². The molecule has 2 unspecified atom stereocenters. The highest BCUT2D eigenvalue weighted by atomic mass is 35.5. The molecule has 5 heteroatoms. The average Bonchev–Trinajstić information content (AvgIpc) is 2.90. The number of aryl methyl sites for hydroxylation is 1. The summed E-state index contributed by atoms with van der Waals surface area (Å²) in [5.74, 6) is 0.0916. The average molecular weight is 297 g/mol. The molecular weight excluding hydrogens is 276 g/mol. The quantitative estimate of drug-likeness (QED) is 0.900. The molecule has 1 amide bonds. The van der Waals surface area contributed by atoms with Crippen molar-refractivity contribution in [3.8, 4) is 0 Å². The van der Waals surface area contributed by atoms with E-state index < -0.39 is 0 Å². The summed E-state index contributed by atoms with van der Waals surface area (Å²) in [6.45, 7) is 2.07. The number of benzene rings is 1. The number of amides is 1. The van der Waals surface area contributed by atoms with Gasteiger partial charge in [0.1, 0.15) is 6.10 Å². The minimum absolute atomic E-state index is 0. The van der Waals surface area contributed by atoms with Crippen LogP contribution in [0.5, 0.6) is 0 Å². The number of halogens is 1. The van der Waals surface area contributed by atoms with Gasteiger partial charge in [0.25, 0.3) is 5.91 Å². The lowest BCUT2D eigenvalue weighted by Crippen LogP contribution is -2.48. The molecule has 0 bridgehead atoms. The van der Waals surface area contributed by atoms with Crippen LogP contribution in [0, 0.1) is 0 Å². The van der Waals surface area contributed by atoms with E-state index in [1.54, 1.807) is 0 Å². The van der Waals surface area contributed by atoms with Crippen molar-refractivity contribution in [1.82, 2.24) is 10.2 Å². The largest absolute Gasteiger partial charge is 0.366 e. The van der Waals surface area contributed by atoms with Crippen molar-refractivity contribution in [3.63, 3.8) is 0 Å². The standard InChI is InChI=1S/C15H20N2O2.ClH/c1-17(15(18)14-10-16-8-9-19-14)13-7-6-11-4-2-3-5-12(11)13;/h2-5,13-14,16H,6-10H2,1H3;1H. The van der Waals surface area contributed by atoms with Crippen LogP contribution in [-0.4, -0.2) is 43.7 Å². The molecule has 1 fully saturated rings. The maximum atomic E-state index is 12.5. The molecule has 0 aromatic heterocycles. The van der Waals surface area contributed by atoms with Gasteiger partial charge in [-0.25, -0.2) is 0 Å². The van der Waals surface area contributed by atoms with Crippen LogP contribution in [-0.2, 0) is 16.0 Å². The number of rotatable bonds is 2.